The summed E-state index contributed by atoms with van der Waals surface area (Å²) in [4.78, 5) is 10.2. The topological polar surface area (TPSA) is 72.5 Å². The third kappa shape index (κ3) is 2.83. The molecule has 0 aromatic heterocycles. The van der Waals surface area contributed by atoms with E-state index in [0.717, 1.165) is 0 Å². The summed E-state index contributed by atoms with van der Waals surface area (Å²) in [5.74, 6) is -0.721. The number of hydrogen-bond acceptors (Lipinski definition) is 3. The molecule has 0 aliphatic rings. The van der Waals surface area contributed by atoms with Crippen LogP contribution in [0.3, 0.4) is 0 Å². The number of benzene rings is 1. The number of anilines is 1. The fraction of sp³-hybridized carbons (Fsp3) is 0.125. The largest absolute Gasteiger partial charge is 0.480 e. The molecule has 0 spiro atoms. The Bertz CT molecular complexity index is 327. The zero-order chi connectivity index (χ0) is 9.84. The minimum Gasteiger partial charge on any atom is -0.480 e. The van der Waals surface area contributed by atoms with Gasteiger partial charge < -0.3 is 15.6 Å². The molecule has 4 nitrogen and oxygen atoms in total. The smallest absolute Gasteiger partial charge is 0.341 e. The van der Waals surface area contributed by atoms with Gasteiger partial charge in [-0.3, -0.25) is 0 Å². The highest BCUT2D eigenvalue weighted by Crippen LogP contribution is 2.24. The number of nitrogens with two attached hydrogens (primary N) is 1. The molecule has 0 aliphatic heterocycles. The van der Waals surface area contributed by atoms with Gasteiger partial charge in [-0.15, -0.1) is 0 Å². The van der Waals surface area contributed by atoms with E-state index >= 15 is 0 Å². The Kier molecular flexibility index (Phi) is 2.97. The first-order chi connectivity index (χ1) is 6.09. The van der Waals surface area contributed by atoms with E-state index in [1.54, 1.807) is 6.07 Å². The number of carboxylic acid groups (broad SMARTS) is 1. The number of hydrogen-bond donors (Lipinski definition) is 2. The lowest BCUT2D eigenvalue weighted by Gasteiger charge is -2.05. The fourth-order valence-corrected chi connectivity index (χ4v) is 0.971. The highest BCUT2D eigenvalue weighted by atomic mass is 35.5. The first-order valence-corrected chi connectivity index (χ1v) is 3.87. The first-order valence-electron chi connectivity index (χ1n) is 3.49. The molecule has 0 atom stereocenters. The van der Waals surface area contributed by atoms with Gasteiger partial charge in [0.2, 0.25) is 0 Å². The molecule has 1 rings (SSSR count). The van der Waals surface area contributed by atoms with Crippen molar-refractivity contribution in [3.63, 3.8) is 0 Å². The van der Waals surface area contributed by atoms with Crippen LogP contribution in [0.5, 0.6) is 5.75 Å². The van der Waals surface area contributed by atoms with Crippen molar-refractivity contribution in [2.45, 2.75) is 0 Å². The summed E-state index contributed by atoms with van der Waals surface area (Å²) in [5.41, 5.74) is 5.83. The van der Waals surface area contributed by atoms with Crippen LogP contribution in [0.4, 0.5) is 5.69 Å². The molecular formula is C8H8ClNO3. The maximum atomic E-state index is 10.2. The third-order valence-electron chi connectivity index (χ3n) is 1.32. The van der Waals surface area contributed by atoms with E-state index in [-0.39, 0.29) is 0 Å². The summed E-state index contributed by atoms with van der Waals surface area (Å²) >= 11 is 5.63. The first kappa shape index (κ1) is 9.67. The highest BCUT2D eigenvalue weighted by molar-refractivity contribution is 6.30. The quantitative estimate of drug-likeness (QED) is 0.725. The van der Waals surface area contributed by atoms with Crippen LogP contribution in [-0.4, -0.2) is 17.7 Å². The molecule has 1 aromatic rings. The van der Waals surface area contributed by atoms with Gasteiger partial charge in [-0.05, 0) is 18.2 Å². The summed E-state index contributed by atoms with van der Waals surface area (Å²) in [6.45, 7) is -0.411. The van der Waals surface area contributed by atoms with Crippen molar-refractivity contribution in [2.24, 2.45) is 0 Å². The molecule has 13 heavy (non-hydrogen) atoms. The van der Waals surface area contributed by atoms with Gasteiger partial charge >= 0.3 is 5.97 Å². The maximum Gasteiger partial charge on any atom is 0.341 e. The minimum absolute atomic E-state index is 0.326. The lowest BCUT2D eigenvalue weighted by molar-refractivity contribution is -0.139. The van der Waals surface area contributed by atoms with Crippen LogP contribution >= 0.6 is 11.6 Å². The Morgan fingerprint density at radius 1 is 1.62 bits per heavy atom. The van der Waals surface area contributed by atoms with Gasteiger partial charge in [-0.1, -0.05) is 11.6 Å². The molecule has 1 aromatic carbocycles. The van der Waals surface area contributed by atoms with Gasteiger partial charge in [0.05, 0.1) is 5.69 Å². The van der Waals surface area contributed by atoms with Gasteiger partial charge in [0.25, 0.3) is 0 Å². The minimum atomic E-state index is -1.05. The molecule has 0 unspecified atom stereocenters. The summed E-state index contributed by atoms with van der Waals surface area (Å²) in [6.07, 6.45) is 0. The van der Waals surface area contributed by atoms with Crippen LogP contribution in [0.15, 0.2) is 18.2 Å². The summed E-state index contributed by atoms with van der Waals surface area (Å²) < 4.78 is 4.87. The van der Waals surface area contributed by atoms with Crippen molar-refractivity contribution >= 4 is 23.3 Å². The van der Waals surface area contributed by atoms with Gasteiger partial charge in [0.1, 0.15) is 5.75 Å². The van der Waals surface area contributed by atoms with Crippen LogP contribution in [0, 0.1) is 0 Å². The monoisotopic (exact) mass is 201 g/mol. The molecule has 0 aliphatic carbocycles. The lowest BCUT2D eigenvalue weighted by atomic mass is 10.3. The number of carbonyl (C=O) groups is 1. The number of nitrogen functional groups attached to an aromatic ring is 1. The molecule has 0 saturated carbocycles. The standard InChI is InChI=1S/C8H8ClNO3/c9-5-1-2-7(6(10)3-5)13-4-8(11)12/h1-3H,4,10H2,(H,11,12). The Hall–Kier alpha value is -1.42. The Morgan fingerprint density at radius 3 is 2.85 bits per heavy atom. The van der Waals surface area contributed by atoms with Crippen LogP contribution in [-0.2, 0) is 4.79 Å². The third-order valence-corrected chi connectivity index (χ3v) is 1.56. The van der Waals surface area contributed by atoms with E-state index in [2.05, 4.69) is 0 Å². The van der Waals surface area contributed by atoms with E-state index in [0.29, 0.717) is 16.5 Å². The van der Waals surface area contributed by atoms with Crippen molar-refractivity contribution < 1.29 is 14.6 Å². The maximum absolute atomic E-state index is 10.2. The zero-order valence-electron chi connectivity index (χ0n) is 6.66. The molecule has 0 bridgehead atoms. The number of halogens is 1. The van der Waals surface area contributed by atoms with Gasteiger partial charge in [0, 0.05) is 5.02 Å². The molecule has 3 N–H and O–H groups in total. The molecule has 0 fully saturated rings. The normalized spacial score (nSPS) is 9.62. The SMILES string of the molecule is Nc1cc(Cl)ccc1OCC(=O)O. The van der Waals surface area contributed by atoms with E-state index in [1.165, 1.54) is 12.1 Å². The molecule has 0 amide bonds. The van der Waals surface area contributed by atoms with Crippen molar-refractivity contribution in [3.8, 4) is 5.75 Å². The zero-order valence-corrected chi connectivity index (χ0v) is 7.41. The average Bonchev–Trinajstić information content (AvgIpc) is 2.02. The lowest BCUT2D eigenvalue weighted by Crippen LogP contribution is -2.10. The van der Waals surface area contributed by atoms with Crippen LogP contribution in [0.25, 0.3) is 0 Å². The molecule has 5 heteroatoms. The van der Waals surface area contributed by atoms with Crippen LogP contribution < -0.4 is 10.5 Å². The number of carboxylic acids is 1. The Morgan fingerprint density at radius 2 is 2.31 bits per heavy atom. The average molecular weight is 202 g/mol. The van der Waals surface area contributed by atoms with Crippen molar-refractivity contribution in [1.29, 1.82) is 0 Å². The molecule has 70 valence electrons. The fourth-order valence-electron chi connectivity index (χ4n) is 0.790. The van der Waals surface area contributed by atoms with Crippen molar-refractivity contribution in [1.82, 2.24) is 0 Å². The van der Waals surface area contributed by atoms with Crippen LogP contribution in [0.2, 0.25) is 5.02 Å². The van der Waals surface area contributed by atoms with E-state index < -0.39 is 12.6 Å². The van der Waals surface area contributed by atoms with Crippen molar-refractivity contribution in [2.75, 3.05) is 12.3 Å². The molecule has 0 radical (unpaired) electrons. The van der Waals surface area contributed by atoms with Crippen LogP contribution in [0.1, 0.15) is 0 Å². The summed E-state index contributed by atoms with van der Waals surface area (Å²) in [7, 11) is 0. The van der Waals surface area contributed by atoms with Gasteiger partial charge in [-0.2, -0.15) is 0 Å². The molecule has 0 saturated heterocycles. The second-order valence-corrected chi connectivity index (χ2v) is 2.80. The Labute approximate surface area is 79.9 Å². The number of aliphatic carboxylic acids is 1. The van der Waals surface area contributed by atoms with Gasteiger partial charge in [-0.25, -0.2) is 4.79 Å². The second-order valence-electron chi connectivity index (χ2n) is 2.36. The van der Waals surface area contributed by atoms with E-state index in [9.17, 15) is 4.79 Å². The highest BCUT2D eigenvalue weighted by Gasteiger charge is 2.03. The second kappa shape index (κ2) is 4.00. The summed E-state index contributed by atoms with van der Waals surface area (Å²) in [5, 5.41) is 8.81. The summed E-state index contributed by atoms with van der Waals surface area (Å²) in [6, 6.07) is 4.61. The number of rotatable bonds is 3. The molecular weight excluding hydrogens is 194 g/mol. The van der Waals surface area contributed by atoms with E-state index in [1.807, 2.05) is 0 Å². The Balaban J connectivity index is 2.72. The predicted octanol–water partition coefficient (Wildman–Crippen LogP) is 1.39. The predicted molar refractivity (Wildman–Crippen MR) is 49.0 cm³/mol. The number of ether oxygens (including phenoxy) is 1. The van der Waals surface area contributed by atoms with Gasteiger partial charge in [0.15, 0.2) is 6.61 Å². The van der Waals surface area contributed by atoms with Crippen molar-refractivity contribution in [3.05, 3.63) is 23.2 Å². The van der Waals surface area contributed by atoms with E-state index in [4.69, 9.17) is 27.2 Å². The molecule has 0 heterocycles.